The van der Waals surface area contributed by atoms with Crippen LogP contribution in [0.15, 0.2) is 22.5 Å². The summed E-state index contributed by atoms with van der Waals surface area (Å²) in [7, 11) is 0. The number of carboxylic acid groups (broad SMARTS) is 1. The Labute approximate surface area is 204 Å². The van der Waals surface area contributed by atoms with Crippen LogP contribution in [0.1, 0.15) is 39.5 Å². The summed E-state index contributed by atoms with van der Waals surface area (Å²) >= 11 is 2.49. The van der Waals surface area contributed by atoms with E-state index in [9.17, 15) is 18.8 Å². The van der Waals surface area contributed by atoms with Crippen LogP contribution in [0.2, 0.25) is 0 Å². The number of hydrogen-bond donors (Lipinski definition) is 3. The highest BCUT2D eigenvalue weighted by Gasteiger charge is 2.28. The molecule has 1 unspecified atom stereocenters. The Morgan fingerprint density at radius 2 is 1.97 bits per heavy atom. The van der Waals surface area contributed by atoms with Gasteiger partial charge in [-0.25, -0.2) is 18.6 Å². The molecule has 1 heterocycles. The molecule has 1 saturated carbocycles. The number of nitrogens with one attached hydrogen (secondary N) is 2. The Kier molecular flexibility index (Phi) is 8.84. The van der Waals surface area contributed by atoms with Crippen LogP contribution in [0.25, 0.3) is 0 Å². The van der Waals surface area contributed by atoms with Gasteiger partial charge in [0.25, 0.3) is 0 Å². The number of aliphatic carboxylic acids is 1. The first-order valence-electron chi connectivity index (χ1n) is 10.8. The van der Waals surface area contributed by atoms with E-state index in [1.165, 1.54) is 40.3 Å². The van der Waals surface area contributed by atoms with Crippen LogP contribution in [-0.2, 0) is 9.59 Å². The zero-order valence-electron chi connectivity index (χ0n) is 18.8. The minimum absolute atomic E-state index is 0.143. The highest BCUT2D eigenvalue weighted by atomic mass is 32.2. The molecule has 1 aliphatic rings. The third kappa shape index (κ3) is 6.66. The van der Waals surface area contributed by atoms with Crippen molar-refractivity contribution in [3.8, 4) is 0 Å². The molecule has 8 nitrogen and oxygen atoms in total. The molecule has 3 rings (SSSR count). The Bertz CT molecular complexity index is 1060. The van der Waals surface area contributed by atoms with Crippen molar-refractivity contribution in [2.75, 3.05) is 27.8 Å². The molecule has 0 aliphatic heterocycles. The number of carbonyl (C=O) groups excluding carboxylic acids is 2. The van der Waals surface area contributed by atoms with E-state index in [1.807, 2.05) is 0 Å². The molecular formula is C22H26F2N4O4S2. The second-order valence-electron chi connectivity index (χ2n) is 8.16. The third-order valence-electron chi connectivity index (χ3n) is 5.42. The third-order valence-corrected chi connectivity index (χ3v) is 7.79. The Balaban J connectivity index is 1.81. The first-order chi connectivity index (χ1) is 16.2. The number of benzene rings is 1. The molecule has 1 aliphatic carbocycles. The number of amides is 3. The van der Waals surface area contributed by atoms with Gasteiger partial charge < -0.3 is 10.4 Å². The van der Waals surface area contributed by atoms with E-state index >= 15 is 4.39 Å². The van der Waals surface area contributed by atoms with Crippen LogP contribution in [-0.4, -0.2) is 40.3 Å². The maximum atomic E-state index is 15.2. The summed E-state index contributed by atoms with van der Waals surface area (Å²) in [6.45, 7) is 2.98. The molecule has 0 spiro atoms. The van der Waals surface area contributed by atoms with Gasteiger partial charge in [-0.15, -0.1) is 11.8 Å². The quantitative estimate of drug-likeness (QED) is 0.387. The van der Waals surface area contributed by atoms with E-state index in [0.29, 0.717) is 5.75 Å². The summed E-state index contributed by atoms with van der Waals surface area (Å²) < 4.78 is 30.1. The number of aromatic nitrogens is 1. The number of nitrogens with zero attached hydrogens (tertiary/aromatic N) is 2. The van der Waals surface area contributed by atoms with Gasteiger partial charge in [0.2, 0.25) is 5.91 Å². The first-order valence-corrected chi connectivity index (χ1v) is 12.6. The number of carboxylic acids is 1. The molecule has 3 N–H and O–H groups in total. The van der Waals surface area contributed by atoms with E-state index < -0.39 is 41.1 Å². The molecule has 1 fully saturated rings. The summed E-state index contributed by atoms with van der Waals surface area (Å²) in [5.41, 5.74) is -0.745. The SMILES string of the molecule is CC(=O)Nc1c(F)ccc(N(CC2CCCC2)C(=O)Nc2ncc(SCC(C)C(=O)O)s2)c1F. The van der Waals surface area contributed by atoms with Crippen molar-refractivity contribution in [3.63, 3.8) is 0 Å². The van der Waals surface area contributed by atoms with E-state index in [-0.39, 0.29) is 23.3 Å². The summed E-state index contributed by atoms with van der Waals surface area (Å²) in [6, 6.07) is 1.57. The lowest BCUT2D eigenvalue weighted by atomic mass is 10.1. The molecule has 2 aromatic rings. The lowest BCUT2D eigenvalue weighted by molar-refractivity contribution is -0.140. The average molecular weight is 513 g/mol. The summed E-state index contributed by atoms with van der Waals surface area (Å²) in [5.74, 6) is -3.51. The molecule has 184 valence electrons. The van der Waals surface area contributed by atoms with Crippen molar-refractivity contribution in [3.05, 3.63) is 30.0 Å². The largest absolute Gasteiger partial charge is 0.481 e. The Hall–Kier alpha value is -2.73. The minimum atomic E-state index is -1.03. The first kappa shape index (κ1) is 25.9. The number of hydrogen-bond acceptors (Lipinski definition) is 6. The smallest absolute Gasteiger partial charge is 0.328 e. The van der Waals surface area contributed by atoms with Gasteiger partial charge in [0.05, 0.1) is 22.0 Å². The summed E-state index contributed by atoms with van der Waals surface area (Å²) in [5, 5.41) is 14.1. The molecule has 0 bridgehead atoms. The molecule has 3 amide bonds. The van der Waals surface area contributed by atoms with Crippen LogP contribution >= 0.6 is 23.1 Å². The van der Waals surface area contributed by atoms with Crippen molar-refractivity contribution >= 4 is 57.5 Å². The zero-order chi connectivity index (χ0) is 24.8. The van der Waals surface area contributed by atoms with Gasteiger partial charge in [-0.3, -0.25) is 19.8 Å². The van der Waals surface area contributed by atoms with Crippen LogP contribution in [0.5, 0.6) is 0 Å². The highest BCUT2D eigenvalue weighted by Crippen LogP contribution is 2.34. The van der Waals surface area contributed by atoms with E-state index in [4.69, 9.17) is 5.11 Å². The number of carbonyl (C=O) groups is 3. The monoisotopic (exact) mass is 512 g/mol. The van der Waals surface area contributed by atoms with E-state index in [0.717, 1.165) is 42.9 Å². The van der Waals surface area contributed by atoms with E-state index in [1.54, 1.807) is 6.92 Å². The van der Waals surface area contributed by atoms with Crippen molar-refractivity contribution in [2.24, 2.45) is 11.8 Å². The molecule has 1 aromatic carbocycles. The van der Waals surface area contributed by atoms with Crippen LogP contribution in [0.4, 0.5) is 30.1 Å². The second-order valence-corrected chi connectivity index (χ2v) is 10.5. The summed E-state index contributed by atoms with van der Waals surface area (Å²) in [4.78, 5) is 41.0. The molecule has 0 saturated heterocycles. The van der Waals surface area contributed by atoms with Crippen molar-refractivity contribution in [2.45, 2.75) is 43.7 Å². The van der Waals surface area contributed by atoms with Crippen LogP contribution < -0.4 is 15.5 Å². The van der Waals surface area contributed by atoms with Gasteiger partial charge in [0.15, 0.2) is 10.9 Å². The van der Waals surface area contributed by atoms with Gasteiger partial charge >= 0.3 is 12.0 Å². The fourth-order valence-electron chi connectivity index (χ4n) is 3.60. The second kappa shape index (κ2) is 11.6. The van der Waals surface area contributed by atoms with Crippen molar-refractivity contribution < 1.29 is 28.3 Å². The molecule has 1 atom stereocenters. The number of thioether (sulfide) groups is 1. The standard InChI is InChI=1S/C22H26F2N4O4S2/c1-12(20(30)31)11-33-17-9-25-21(34-17)27-22(32)28(10-14-5-3-4-6-14)16-8-7-15(23)19(18(16)24)26-13(2)29/h7-9,12,14H,3-6,10-11H2,1-2H3,(H,26,29)(H,30,31)(H,25,27,32). The number of urea groups is 1. The van der Waals surface area contributed by atoms with Crippen LogP contribution in [0, 0.1) is 23.5 Å². The fourth-order valence-corrected chi connectivity index (χ4v) is 5.50. The highest BCUT2D eigenvalue weighted by molar-refractivity contribution is 8.01. The van der Waals surface area contributed by atoms with Gasteiger partial charge in [-0.1, -0.05) is 31.1 Å². The molecular weight excluding hydrogens is 486 g/mol. The Morgan fingerprint density at radius 3 is 2.62 bits per heavy atom. The van der Waals surface area contributed by atoms with Gasteiger partial charge in [-0.2, -0.15) is 0 Å². The average Bonchev–Trinajstić information content (AvgIpc) is 3.45. The Morgan fingerprint density at radius 1 is 1.26 bits per heavy atom. The molecule has 0 radical (unpaired) electrons. The number of anilines is 3. The summed E-state index contributed by atoms with van der Waals surface area (Å²) in [6.07, 6.45) is 5.36. The van der Waals surface area contributed by atoms with Gasteiger partial charge in [0, 0.05) is 19.2 Å². The normalized spacial score (nSPS) is 14.6. The minimum Gasteiger partial charge on any atom is -0.481 e. The fraction of sp³-hybridized carbons (Fsp3) is 0.455. The molecule has 1 aromatic heterocycles. The predicted molar refractivity (Wildman–Crippen MR) is 129 cm³/mol. The molecule has 34 heavy (non-hydrogen) atoms. The topological polar surface area (TPSA) is 112 Å². The predicted octanol–water partition coefficient (Wildman–Crippen LogP) is 5.42. The van der Waals surface area contributed by atoms with Gasteiger partial charge in [0.1, 0.15) is 11.5 Å². The van der Waals surface area contributed by atoms with Crippen LogP contribution in [0.3, 0.4) is 0 Å². The van der Waals surface area contributed by atoms with E-state index in [2.05, 4.69) is 15.6 Å². The van der Waals surface area contributed by atoms with Gasteiger partial charge in [-0.05, 0) is 30.9 Å². The maximum Gasteiger partial charge on any atom is 0.328 e. The van der Waals surface area contributed by atoms with Crippen molar-refractivity contribution in [1.82, 2.24) is 4.98 Å². The lowest BCUT2D eigenvalue weighted by Crippen LogP contribution is -2.39. The maximum absolute atomic E-state index is 15.2. The molecule has 12 heteroatoms. The number of halogens is 2. The number of thiazole rings is 1. The lowest BCUT2D eigenvalue weighted by Gasteiger charge is -2.26. The zero-order valence-corrected chi connectivity index (χ0v) is 20.4. The number of rotatable bonds is 9. The van der Waals surface area contributed by atoms with Crippen molar-refractivity contribution in [1.29, 1.82) is 0 Å².